The molecule has 10 heteroatoms. The number of ether oxygens (including phenoxy) is 3. The lowest BCUT2D eigenvalue weighted by Gasteiger charge is -2.36. The minimum atomic E-state index is -0.411. The van der Waals surface area contributed by atoms with Crippen LogP contribution in [0.4, 0.5) is 5.95 Å². The van der Waals surface area contributed by atoms with Crippen LogP contribution in [-0.2, 0) is 23.8 Å². The first-order chi connectivity index (χ1) is 16.1. The summed E-state index contributed by atoms with van der Waals surface area (Å²) in [5.74, 6) is 0.602. The number of carbonyl (C=O) groups excluding carboxylic acids is 2. The van der Waals surface area contributed by atoms with Gasteiger partial charge < -0.3 is 24.4 Å². The maximum atomic E-state index is 12.7. The fourth-order valence-electron chi connectivity index (χ4n) is 5.13. The highest BCUT2D eigenvalue weighted by atomic mass is 16.7. The van der Waals surface area contributed by atoms with Crippen molar-refractivity contribution in [3.63, 3.8) is 0 Å². The van der Waals surface area contributed by atoms with Gasteiger partial charge in [0.1, 0.15) is 0 Å². The molecule has 3 heterocycles. The van der Waals surface area contributed by atoms with E-state index in [0.717, 1.165) is 45.0 Å². The molecule has 0 radical (unpaired) electrons. The van der Waals surface area contributed by atoms with Crippen LogP contribution < -0.4 is 10.2 Å². The summed E-state index contributed by atoms with van der Waals surface area (Å²) in [5, 5.41) is 3.10. The Balaban J connectivity index is 1.27. The number of fused-ring (bicyclic) bond motifs is 1. The lowest BCUT2D eigenvalue weighted by atomic mass is 9.82. The monoisotopic (exact) mass is 459 g/mol. The van der Waals surface area contributed by atoms with Gasteiger partial charge in [-0.25, -0.2) is 14.8 Å². The molecule has 33 heavy (non-hydrogen) atoms. The highest BCUT2D eigenvalue weighted by Crippen LogP contribution is 2.46. The van der Waals surface area contributed by atoms with Gasteiger partial charge in [-0.05, 0) is 31.7 Å². The number of hydrogen-bond donors (Lipinski definition) is 1. The summed E-state index contributed by atoms with van der Waals surface area (Å²) in [4.78, 5) is 37.7. The number of anilines is 1. The number of aromatic nitrogens is 2. The van der Waals surface area contributed by atoms with Crippen molar-refractivity contribution in [1.29, 1.82) is 0 Å². The van der Waals surface area contributed by atoms with Gasteiger partial charge in [-0.2, -0.15) is 0 Å². The van der Waals surface area contributed by atoms with E-state index in [2.05, 4.69) is 25.1 Å². The molecule has 1 amide bonds. The molecule has 3 aliphatic rings. The number of piperazine rings is 1. The van der Waals surface area contributed by atoms with Crippen molar-refractivity contribution in [2.75, 3.05) is 57.9 Å². The zero-order valence-electron chi connectivity index (χ0n) is 19.3. The Kier molecular flexibility index (Phi) is 7.77. The number of nitrogens with one attached hydrogen (secondary N) is 1. The van der Waals surface area contributed by atoms with E-state index in [1.165, 1.54) is 13.4 Å². The van der Waals surface area contributed by atoms with E-state index in [0.29, 0.717) is 25.3 Å². The van der Waals surface area contributed by atoms with E-state index in [-0.39, 0.29) is 29.6 Å². The molecule has 0 spiro atoms. The first-order valence-corrected chi connectivity index (χ1v) is 11.7. The molecule has 0 aromatic carbocycles. The third kappa shape index (κ3) is 5.44. The molecule has 1 aromatic rings. The lowest BCUT2D eigenvalue weighted by molar-refractivity contribution is -0.165. The van der Waals surface area contributed by atoms with Crippen LogP contribution in [0, 0.1) is 17.8 Å². The zero-order chi connectivity index (χ0) is 23.2. The van der Waals surface area contributed by atoms with Crippen LogP contribution in [0.25, 0.3) is 0 Å². The molecule has 10 nitrogen and oxygen atoms in total. The molecule has 1 N–H and O–H groups in total. The van der Waals surface area contributed by atoms with Gasteiger partial charge in [0.2, 0.25) is 18.1 Å². The topological polar surface area (TPSA) is 106 Å². The van der Waals surface area contributed by atoms with Gasteiger partial charge in [0.15, 0.2) is 0 Å². The van der Waals surface area contributed by atoms with Gasteiger partial charge in [0.05, 0.1) is 25.5 Å². The van der Waals surface area contributed by atoms with Crippen molar-refractivity contribution in [1.82, 2.24) is 20.2 Å². The van der Waals surface area contributed by atoms with Crippen LogP contribution in [0.2, 0.25) is 0 Å². The molecule has 1 aromatic heterocycles. The number of methoxy groups -OCH3 is 1. The van der Waals surface area contributed by atoms with Crippen molar-refractivity contribution >= 4 is 17.8 Å². The summed E-state index contributed by atoms with van der Waals surface area (Å²) in [5.41, 5.74) is 0.563. The minimum absolute atomic E-state index is 0.0104. The molecule has 1 saturated carbocycles. The summed E-state index contributed by atoms with van der Waals surface area (Å²) >= 11 is 0. The number of hydrogen-bond acceptors (Lipinski definition) is 9. The smallest absolute Gasteiger partial charge is 0.337 e. The van der Waals surface area contributed by atoms with E-state index in [4.69, 9.17) is 14.2 Å². The molecule has 1 aliphatic carbocycles. The van der Waals surface area contributed by atoms with Crippen LogP contribution >= 0.6 is 0 Å². The summed E-state index contributed by atoms with van der Waals surface area (Å²) in [6.07, 6.45) is 6.32. The summed E-state index contributed by atoms with van der Waals surface area (Å²) in [7, 11) is 1.38. The average molecular weight is 460 g/mol. The highest BCUT2D eigenvalue weighted by Gasteiger charge is 2.48. The molecular weight excluding hydrogens is 426 g/mol. The predicted octanol–water partition coefficient (Wildman–Crippen LogP) is 0.807. The van der Waals surface area contributed by atoms with Gasteiger partial charge in [-0.1, -0.05) is 0 Å². The van der Waals surface area contributed by atoms with Crippen LogP contribution in [0.15, 0.2) is 30.3 Å². The maximum Gasteiger partial charge on any atom is 0.337 e. The molecule has 4 rings (SSSR count). The molecular formula is C23H33N5O5. The van der Waals surface area contributed by atoms with E-state index >= 15 is 0 Å². The second-order valence-corrected chi connectivity index (χ2v) is 8.66. The van der Waals surface area contributed by atoms with Gasteiger partial charge in [-0.15, -0.1) is 0 Å². The second-order valence-electron chi connectivity index (χ2n) is 8.66. The third-order valence-electron chi connectivity index (χ3n) is 6.79. The molecule has 2 fully saturated rings. The van der Waals surface area contributed by atoms with Crippen LogP contribution in [0.3, 0.4) is 0 Å². The third-order valence-corrected chi connectivity index (χ3v) is 6.79. The fraction of sp³-hybridized carbons (Fsp3) is 0.652. The van der Waals surface area contributed by atoms with Gasteiger partial charge in [-0.3, -0.25) is 9.69 Å². The first-order valence-electron chi connectivity index (χ1n) is 11.7. The average Bonchev–Trinajstić information content (AvgIpc) is 3.28. The number of carbonyl (C=O) groups is 2. The first kappa shape index (κ1) is 23.4. The van der Waals surface area contributed by atoms with Crippen LogP contribution in [0.5, 0.6) is 0 Å². The quantitative estimate of drug-likeness (QED) is 0.565. The van der Waals surface area contributed by atoms with Gasteiger partial charge in [0, 0.05) is 63.6 Å². The molecule has 180 valence electrons. The molecule has 4 unspecified atom stereocenters. The van der Waals surface area contributed by atoms with Crippen LogP contribution in [-0.4, -0.2) is 86.0 Å². The molecule has 0 bridgehead atoms. The summed E-state index contributed by atoms with van der Waals surface area (Å²) in [6, 6.07) is 1.80. The largest absolute Gasteiger partial charge is 0.472 e. The van der Waals surface area contributed by atoms with Crippen LogP contribution in [0.1, 0.15) is 19.8 Å². The second kappa shape index (κ2) is 10.9. The van der Waals surface area contributed by atoms with Crippen molar-refractivity contribution in [2.45, 2.75) is 26.1 Å². The maximum absolute atomic E-state index is 12.7. The Bertz CT molecular complexity index is 843. The van der Waals surface area contributed by atoms with Crippen molar-refractivity contribution in [3.8, 4) is 0 Å². The number of rotatable bonds is 8. The van der Waals surface area contributed by atoms with E-state index < -0.39 is 6.29 Å². The lowest BCUT2D eigenvalue weighted by Crippen LogP contribution is -2.50. The van der Waals surface area contributed by atoms with Crippen molar-refractivity contribution < 1.29 is 23.8 Å². The minimum Gasteiger partial charge on any atom is -0.472 e. The Morgan fingerprint density at radius 2 is 1.94 bits per heavy atom. The fourth-order valence-corrected chi connectivity index (χ4v) is 5.13. The predicted molar refractivity (Wildman–Crippen MR) is 120 cm³/mol. The van der Waals surface area contributed by atoms with Crippen molar-refractivity contribution in [2.24, 2.45) is 17.8 Å². The Morgan fingerprint density at radius 1 is 1.18 bits per heavy atom. The normalized spacial score (nSPS) is 27.3. The van der Waals surface area contributed by atoms with E-state index in [1.54, 1.807) is 18.5 Å². The van der Waals surface area contributed by atoms with Crippen molar-refractivity contribution in [3.05, 3.63) is 30.3 Å². The van der Waals surface area contributed by atoms with Gasteiger partial charge in [0.25, 0.3) is 0 Å². The Labute approximate surface area is 194 Å². The standard InChI is InChI=1S/C23H33N5O5/c1-3-32-22-20-16(5-6-17(20)18(15-33-22)21(30)31-2)13-26-19(29)14-27-9-11-28(12-10-27)23-24-7-4-8-25-23/h4,7-8,15-17,20,22H,3,5-6,9-14H2,1-2H3,(H,26,29). The van der Waals surface area contributed by atoms with Gasteiger partial charge >= 0.3 is 5.97 Å². The van der Waals surface area contributed by atoms with E-state index in [1.807, 2.05) is 6.92 Å². The summed E-state index contributed by atoms with van der Waals surface area (Å²) < 4.78 is 16.5. The number of esters is 1. The molecule has 1 saturated heterocycles. The Hall–Kier alpha value is -2.72. The SMILES string of the molecule is CCOC1OC=C(C(=O)OC)C2CCC(CNC(=O)CN3CCN(c4ncccn4)CC3)C12. The zero-order valence-corrected chi connectivity index (χ0v) is 19.3. The molecule has 4 atom stereocenters. The molecule has 2 aliphatic heterocycles. The summed E-state index contributed by atoms with van der Waals surface area (Å²) in [6.45, 7) is 6.50. The Morgan fingerprint density at radius 3 is 2.64 bits per heavy atom. The number of nitrogens with zero attached hydrogens (tertiary/aromatic N) is 4. The number of amides is 1. The van der Waals surface area contributed by atoms with E-state index in [9.17, 15) is 9.59 Å². The highest BCUT2D eigenvalue weighted by molar-refractivity contribution is 5.89.